The number of hydrogen-bond donors (Lipinski definition) is 1. The van der Waals surface area contributed by atoms with Crippen molar-refractivity contribution in [3.8, 4) is 0 Å². The van der Waals surface area contributed by atoms with Crippen LogP contribution >= 0.6 is 0 Å². The Kier molecular flexibility index (Phi) is 8.19. The van der Waals surface area contributed by atoms with Crippen LogP contribution in [0.1, 0.15) is 48.5 Å². The monoisotopic (exact) mass is 225 g/mol. The molecule has 0 heterocycles. The molecule has 17 heavy (non-hydrogen) atoms. The molecule has 0 radical (unpaired) electrons. The van der Waals surface area contributed by atoms with Gasteiger partial charge in [-0.2, -0.15) is 0 Å². The molecule has 4 unspecified atom stereocenters. The molecule has 3 heteroatoms. The van der Waals surface area contributed by atoms with Crippen LogP contribution in [0, 0.1) is 29.6 Å². The van der Waals surface area contributed by atoms with Crippen LogP contribution in [-0.4, -0.2) is 42.9 Å². The van der Waals surface area contributed by atoms with E-state index in [0.29, 0.717) is 0 Å². The van der Waals surface area contributed by atoms with E-state index in [1.165, 1.54) is 6.54 Å². The first-order valence-electron chi connectivity index (χ1n) is 7.49. The molecule has 0 aromatic heterocycles. The third kappa shape index (κ3) is 5.34. The zero-order chi connectivity index (χ0) is 13.8. The van der Waals surface area contributed by atoms with Crippen LogP contribution in [0.15, 0.2) is 0 Å². The summed E-state index contributed by atoms with van der Waals surface area (Å²) < 4.78 is 0. The van der Waals surface area contributed by atoms with Gasteiger partial charge >= 0.3 is 30.8 Å². The second-order valence-corrected chi connectivity index (χ2v) is 6.73. The maximum absolute atomic E-state index is 3.67. The van der Waals surface area contributed by atoms with Gasteiger partial charge in [0, 0.05) is 5.54 Å². The van der Waals surface area contributed by atoms with Crippen molar-refractivity contribution in [3.63, 3.8) is 0 Å². The Morgan fingerprint density at radius 3 is 1.47 bits per heavy atom. The Morgan fingerprint density at radius 1 is 0.824 bits per heavy atom. The summed E-state index contributed by atoms with van der Waals surface area (Å²) in [7, 11) is 0. The van der Waals surface area contributed by atoms with Gasteiger partial charge in [0.05, 0.1) is 0 Å². The van der Waals surface area contributed by atoms with Crippen LogP contribution in [0.3, 0.4) is 0 Å². The normalized spacial score (nSPS) is 37.7. The van der Waals surface area contributed by atoms with Crippen molar-refractivity contribution in [2.24, 2.45) is 29.6 Å². The predicted octanol–water partition coefficient (Wildman–Crippen LogP) is 2.79. The van der Waals surface area contributed by atoms with Gasteiger partial charge < -0.3 is 5.32 Å². The van der Waals surface area contributed by atoms with Gasteiger partial charge in [-0.1, -0.05) is 27.7 Å². The number of nitrogens with one attached hydrogen (secondary N) is 1. The number of rotatable bonds is 2. The molecule has 1 nitrogen and oxygen atoms in total. The molecule has 0 amide bonds. The molecule has 0 aromatic carbocycles. The fourth-order valence-corrected chi connectivity index (χ4v) is 3.01. The van der Waals surface area contributed by atoms with Crippen molar-refractivity contribution in [1.82, 2.24) is 5.32 Å². The molecule has 1 saturated carbocycles. The molecule has 4 atom stereocenters. The summed E-state index contributed by atoms with van der Waals surface area (Å²) in [6, 6.07) is 0. The van der Waals surface area contributed by atoms with Crippen LogP contribution in [0.2, 0.25) is 0 Å². The van der Waals surface area contributed by atoms with Crippen molar-refractivity contribution in [1.29, 1.82) is 0 Å². The molecule has 1 N–H and O–H groups in total. The minimum absolute atomic E-state index is 0.258. The molecule has 0 aliphatic heterocycles. The van der Waals surface area contributed by atoms with Gasteiger partial charge in [0.1, 0.15) is 0 Å². The fraction of sp³-hybridized carbons (Fsp3) is 1.00. The van der Waals surface area contributed by atoms with Crippen molar-refractivity contribution in [2.45, 2.75) is 54.0 Å². The summed E-state index contributed by atoms with van der Waals surface area (Å²) in [6.45, 7) is 17.6. The van der Waals surface area contributed by atoms with E-state index in [2.05, 4.69) is 53.8 Å². The molecular weight excluding hydrogens is 196 g/mol. The van der Waals surface area contributed by atoms with E-state index in [9.17, 15) is 0 Å². The molecule has 0 aromatic rings. The van der Waals surface area contributed by atoms with Gasteiger partial charge in [-0.25, -0.2) is 0 Å². The molecular formula is C14H29Li2N. The average molecular weight is 225 g/mol. The maximum atomic E-state index is 3.67. The predicted molar refractivity (Wildman–Crippen MR) is 79.4 cm³/mol. The Balaban J connectivity index is 0.00000121. The standard InChI is InChI=1S/C14H29N.2Li/c1-9-10(2)12(4)13(11(9)3)8-15-14(5,6)7;;/h9-13,15H,8H2,1-7H3;;. The van der Waals surface area contributed by atoms with Crippen LogP contribution in [0.5, 0.6) is 0 Å². The van der Waals surface area contributed by atoms with E-state index >= 15 is 0 Å². The molecule has 0 saturated heterocycles. The first kappa shape index (κ1) is 18.2. The Labute approximate surface area is 126 Å². The van der Waals surface area contributed by atoms with Crippen LogP contribution in [-0.2, 0) is 0 Å². The third-order valence-corrected chi connectivity index (χ3v) is 4.71. The van der Waals surface area contributed by atoms with E-state index in [0.717, 1.165) is 29.6 Å². The Bertz CT molecular complexity index is 199. The van der Waals surface area contributed by atoms with Gasteiger partial charge in [-0.3, -0.25) is 0 Å². The molecule has 1 aliphatic carbocycles. The second-order valence-electron chi connectivity index (χ2n) is 6.73. The SMILES string of the molecule is CC1C(C)C(C)C(CNC(C)(C)C)C1C.[Li][Li]. The van der Waals surface area contributed by atoms with Crippen LogP contribution in [0.25, 0.3) is 0 Å². The summed E-state index contributed by atoms with van der Waals surface area (Å²) >= 11 is 4.00. The van der Waals surface area contributed by atoms with Gasteiger partial charge in [-0.05, 0) is 56.9 Å². The summed E-state index contributed by atoms with van der Waals surface area (Å²) in [5.74, 6) is 4.35. The van der Waals surface area contributed by atoms with E-state index in [-0.39, 0.29) is 5.54 Å². The van der Waals surface area contributed by atoms with Crippen LogP contribution in [0.4, 0.5) is 0 Å². The van der Waals surface area contributed by atoms with E-state index in [1.807, 2.05) is 30.8 Å². The molecule has 0 spiro atoms. The Morgan fingerprint density at radius 2 is 1.18 bits per heavy atom. The molecule has 1 aliphatic rings. The van der Waals surface area contributed by atoms with Gasteiger partial charge in [-0.15, -0.1) is 0 Å². The minimum atomic E-state index is 0.258. The number of hydrogen-bond acceptors (Lipinski definition) is 1. The zero-order valence-corrected chi connectivity index (χ0v) is 13.6. The van der Waals surface area contributed by atoms with Crippen molar-refractivity contribution in [3.05, 3.63) is 0 Å². The third-order valence-electron chi connectivity index (χ3n) is 4.71. The summed E-state index contributed by atoms with van der Waals surface area (Å²) in [4.78, 5) is 0. The van der Waals surface area contributed by atoms with Crippen molar-refractivity contribution >= 4 is 30.8 Å². The van der Waals surface area contributed by atoms with E-state index in [1.54, 1.807) is 0 Å². The molecule has 1 rings (SSSR count). The quantitative estimate of drug-likeness (QED) is 0.712. The topological polar surface area (TPSA) is 12.0 Å². The Hall–Kier alpha value is 1.15. The van der Waals surface area contributed by atoms with Crippen molar-refractivity contribution < 1.29 is 0 Å². The second kappa shape index (κ2) is 7.67. The zero-order valence-electron chi connectivity index (χ0n) is 13.6. The van der Waals surface area contributed by atoms with Gasteiger partial charge in [0.15, 0.2) is 0 Å². The average Bonchev–Trinajstić information content (AvgIpc) is 2.43. The molecule has 92 valence electrons. The summed E-state index contributed by atoms with van der Waals surface area (Å²) in [5.41, 5.74) is 0.258. The van der Waals surface area contributed by atoms with E-state index < -0.39 is 0 Å². The van der Waals surface area contributed by atoms with E-state index in [4.69, 9.17) is 0 Å². The fourth-order valence-electron chi connectivity index (χ4n) is 3.01. The summed E-state index contributed by atoms with van der Waals surface area (Å²) in [6.07, 6.45) is 0. The first-order valence-corrected chi connectivity index (χ1v) is 7.49. The van der Waals surface area contributed by atoms with Crippen LogP contribution < -0.4 is 5.32 Å². The summed E-state index contributed by atoms with van der Waals surface area (Å²) in [5, 5.41) is 3.67. The molecule has 0 bridgehead atoms. The first-order chi connectivity index (χ1) is 7.74. The van der Waals surface area contributed by atoms with Gasteiger partial charge in [0.25, 0.3) is 0 Å². The van der Waals surface area contributed by atoms with Crippen molar-refractivity contribution in [2.75, 3.05) is 6.54 Å². The van der Waals surface area contributed by atoms with Gasteiger partial charge in [0.2, 0.25) is 0 Å². The molecule has 1 fully saturated rings.